The Hall–Kier alpha value is -2.48. The summed E-state index contributed by atoms with van der Waals surface area (Å²) < 4.78 is 61.3. The molecule has 4 rings (SSSR count). The number of aliphatic hydroxyl groups is 1. The third kappa shape index (κ3) is 3.39. The second-order valence-electron chi connectivity index (χ2n) is 6.37. The van der Waals surface area contributed by atoms with Crippen molar-refractivity contribution in [1.29, 1.82) is 0 Å². The number of para-hydroxylation sites is 1. The first-order chi connectivity index (χ1) is 13.6. The van der Waals surface area contributed by atoms with Crippen LogP contribution in [0.4, 0.5) is 14.6 Å². The molecular formula is C16H14F2N4O5S2. The lowest BCUT2D eigenvalue weighted by molar-refractivity contribution is -0.140. The topological polar surface area (TPSA) is 123 Å². The van der Waals surface area contributed by atoms with E-state index < -0.39 is 40.1 Å². The van der Waals surface area contributed by atoms with E-state index in [0.717, 1.165) is 23.6 Å². The van der Waals surface area contributed by atoms with Crippen LogP contribution in [0.3, 0.4) is 0 Å². The van der Waals surface area contributed by atoms with Crippen LogP contribution in [0, 0.1) is 0 Å². The predicted octanol–water partition coefficient (Wildman–Crippen LogP) is 1.57. The lowest BCUT2D eigenvalue weighted by atomic mass is 10.1. The minimum absolute atomic E-state index is 0.229. The van der Waals surface area contributed by atoms with Crippen molar-refractivity contribution in [3.63, 3.8) is 0 Å². The van der Waals surface area contributed by atoms with Crippen LogP contribution >= 0.6 is 11.3 Å². The molecule has 13 heteroatoms. The van der Waals surface area contributed by atoms with Crippen LogP contribution in [-0.2, 0) is 14.8 Å². The third-order valence-corrected chi connectivity index (χ3v) is 7.11. The van der Waals surface area contributed by atoms with Crippen molar-refractivity contribution in [2.24, 2.45) is 0 Å². The fourth-order valence-corrected chi connectivity index (χ4v) is 5.10. The lowest BCUT2D eigenvalue weighted by Crippen LogP contribution is -2.41. The van der Waals surface area contributed by atoms with Gasteiger partial charge in [-0.05, 0) is 25.1 Å². The molecule has 0 spiro atoms. The van der Waals surface area contributed by atoms with Crippen molar-refractivity contribution in [2.45, 2.75) is 35.6 Å². The summed E-state index contributed by atoms with van der Waals surface area (Å²) in [7, 11) is -4.14. The Bertz CT molecular complexity index is 1210. The number of aliphatic hydroxyl groups excluding tert-OH is 1. The zero-order valence-electron chi connectivity index (χ0n) is 14.7. The summed E-state index contributed by atoms with van der Waals surface area (Å²) in [5.41, 5.74) is -0.671. The average molecular weight is 444 g/mol. The van der Waals surface area contributed by atoms with Crippen LogP contribution < -0.4 is 10.4 Å². The molecule has 3 heterocycles. The minimum atomic E-state index is -4.14. The number of fused-ring (bicyclic) bond motifs is 1. The fraction of sp³-hybridized carbons (Fsp3) is 0.312. The van der Waals surface area contributed by atoms with Crippen molar-refractivity contribution >= 4 is 37.4 Å². The van der Waals surface area contributed by atoms with Crippen LogP contribution in [0.5, 0.6) is 0 Å². The van der Waals surface area contributed by atoms with E-state index in [0.29, 0.717) is 14.8 Å². The van der Waals surface area contributed by atoms with Gasteiger partial charge in [0.05, 0.1) is 16.3 Å². The molecule has 0 saturated carbocycles. The van der Waals surface area contributed by atoms with Gasteiger partial charge in [0.2, 0.25) is 10.6 Å². The van der Waals surface area contributed by atoms with Crippen LogP contribution in [-0.4, -0.2) is 46.2 Å². The number of nitrogens with zero attached hydrogens (tertiary/aromatic N) is 3. The number of alkyl halides is 2. The van der Waals surface area contributed by atoms with Crippen molar-refractivity contribution < 1.29 is 27.0 Å². The number of sulfonamides is 1. The summed E-state index contributed by atoms with van der Waals surface area (Å²) in [5.74, 6) is -4.08. The maximum Gasteiger partial charge on any atom is 0.351 e. The highest BCUT2D eigenvalue weighted by atomic mass is 32.2. The largest absolute Gasteiger partial charge is 0.384 e. The molecule has 3 aromatic rings. The molecular weight excluding hydrogens is 430 g/mol. The SMILES string of the molecule is CC1OC(n2ccc(NS(=O)(=O)c3nc4ccccc4s3)nc2=O)C(F)(F)C1O. The Balaban J connectivity index is 1.62. The second-order valence-corrected chi connectivity index (χ2v) is 9.26. The zero-order valence-corrected chi connectivity index (χ0v) is 16.3. The van der Waals surface area contributed by atoms with Gasteiger partial charge in [-0.3, -0.25) is 9.29 Å². The summed E-state index contributed by atoms with van der Waals surface area (Å²) in [6.45, 7) is 1.25. The Morgan fingerprint density at radius 3 is 2.62 bits per heavy atom. The Labute approximate surface area is 166 Å². The van der Waals surface area contributed by atoms with Crippen molar-refractivity contribution in [2.75, 3.05) is 4.72 Å². The molecule has 9 nitrogen and oxygen atoms in total. The summed E-state index contributed by atoms with van der Waals surface area (Å²) in [6.07, 6.45) is -4.41. The van der Waals surface area contributed by atoms with Crippen LogP contribution in [0.25, 0.3) is 10.2 Å². The molecule has 0 radical (unpaired) electrons. The number of anilines is 1. The monoisotopic (exact) mass is 444 g/mol. The maximum absolute atomic E-state index is 14.1. The molecule has 154 valence electrons. The van der Waals surface area contributed by atoms with Gasteiger partial charge in [-0.15, -0.1) is 11.3 Å². The number of hydrogen-bond acceptors (Lipinski definition) is 8. The van der Waals surface area contributed by atoms with E-state index in [1.54, 1.807) is 24.3 Å². The smallest absolute Gasteiger partial charge is 0.351 e. The predicted molar refractivity (Wildman–Crippen MR) is 99.5 cm³/mol. The van der Waals surface area contributed by atoms with E-state index in [9.17, 15) is 27.1 Å². The van der Waals surface area contributed by atoms with Crippen molar-refractivity contribution in [1.82, 2.24) is 14.5 Å². The number of nitrogens with one attached hydrogen (secondary N) is 1. The average Bonchev–Trinajstić information content (AvgIpc) is 3.18. The molecule has 0 amide bonds. The Morgan fingerprint density at radius 2 is 2.00 bits per heavy atom. The number of ether oxygens (including phenoxy) is 1. The molecule has 1 aromatic carbocycles. The first kappa shape index (κ1) is 19.8. The van der Waals surface area contributed by atoms with Gasteiger partial charge in [-0.1, -0.05) is 12.1 Å². The first-order valence-corrected chi connectivity index (χ1v) is 10.6. The third-order valence-electron chi connectivity index (χ3n) is 4.34. The van der Waals surface area contributed by atoms with Gasteiger partial charge in [0, 0.05) is 6.20 Å². The van der Waals surface area contributed by atoms with Crippen molar-refractivity contribution in [3.8, 4) is 0 Å². The van der Waals surface area contributed by atoms with Gasteiger partial charge in [0.15, 0.2) is 0 Å². The van der Waals surface area contributed by atoms with E-state index in [1.165, 1.54) is 6.92 Å². The fourth-order valence-electron chi connectivity index (χ4n) is 2.87. The number of halogens is 2. The number of thiazole rings is 1. The maximum atomic E-state index is 14.1. The molecule has 0 bridgehead atoms. The van der Waals surface area contributed by atoms with Gasteiger partial charge < -0.3 is 9.84 Å². The number of benzene rings is 1. The zero-order chi connectivity index (χ0) is 21.0. The van der Waals surface area contributed by atoms with Gasteiger partial charge in [-0.2, -0.15) is 22.2 Å². The van der Waals surface area contributed by atoms with Gasteiger partial charge in [0.25, 0.3) is 10.0 Å². The number of hydrogen-bond donors (Lipinski definition) is 2. The van der Waals surface area contributed by atoms with Gasteiger partial charge >= 0.3 is 11.6 Å². The normalized spacial score (nSPS) is 24.1. The van der Waals surface area contributed by atoms with Gasteiger partial charge in [0.1, 0.15) is 11.9 Å². The molecule has 0 aliphatic carbocycles. The highest BCUT2D eigenvalue weighted by Gasteiger charge is 2.58. The van der Waals surface area contributed by atoms with E-state index >= 15 is 0 Å². The Kier molecular flexibility index (Phi) is 4.64. The minimum Gasteiger partial charge on any atom is -0.384 e. The van der Waals surface area contributed by atoms with E-state index in [-0.39, 0.29) is 10.2 Å². The molecule has 1 saturated heterocycles. The summed E-state index contributed by atoms with van der Waals surface area (Å²) in [4.78, 5) is 19.7. The molecule has 3 unspecified atom stereocenters. The van der Waals surface area contributed by atoms with Gasteiger partial charge in [-0.25, -0.2) is 9.78 Å². The van der Waals surface area contributed by atoms with E-state index in [4.69, 9.17) is 4.74 Å². The molecule has 2 aromatic heterocycles. The second kappa shape index (κ2) is 6.79. The summed E-state index contributed by atoms with van der Waals surface area (Å²) in [5, 5.41) is 9.53. The lowest BCUT2D eigenvalue weighted by Gasteiger charge is -2.21. The van der Waals surface area contributed by atoms with Crippen molar-refractivity contribution in [3.05, 3.63) is 47.0 Å². The Morgan fingerprint density at radius 1 is 1.28 bits per heavy atom. The number of rotatable bonds is 4. The summed E-state index contributed by atoms with van der Waals surface area (Å²) >= 11 is 0.932. The molecule has 1 aliphatic rings. The molecule has 1 fully saturated rings. The highest BCUT2D eigenvalue weighted by molar-refractivity contribution is 7.94. The molecule has 2 N–H and O–H groups in total. The molecule has 29 heavy (non-hydrogen) atoms. The molecule has 1 aliphatic heterocycles. The van der Waals surface area contributed by atoms with E-state index in [1.807, 2.05) is 0 Å². The van der Waals surface area contributed by atoms with Crippen LogP contribution in [0.2, 0.25) is 0 Å². The molecule has 3 atom stereocenters. The highest BCUT2D eigenvalue weighted by Crippen LogP contribution is 2.41. The quantitative estimate of drug-likeness (QED) is 0.626. The first-order valence-electron chi connectivity index (χ1n) is 8.28. The van der Waals surface area contributed by atoms with Crippen LogP contribution in [0.1, 0.15) is 13.2 Å². The summed E-state index contributed by atoms with van der Waals surface area (Å²) in [6, 6.07) is 7.86. The van der Waals surface area contributed by atoms with E-state index in [2.05, 4.69) is 14.7 Å². The standard InChI is InChI=1S/C16H14F2N4O5S2/c1-8-12(23)16(17,18)13(27-8)22-7-6-11(20-14(22)24)21-29(25,26)15-19-9-4-2-3-5-10(9)28-15/h2-8,12-13,23H,1H3,(H,20,21,24). The van der Waals surface area contributed by atoms with Crippen LogP contribution in [0.15, 0.2) is 45.7 Å². The number of aromatic nitrogens is 3.